The van der Waals surface area contributed by atoms with Crippen LogP contribution >= 0.6 is 11.6 Å². The molecule has 0 aliphatic rings. The van der Waals surface area contributed by atoms with E-state index in [1.807, 2.05) is 20.0 Å². The number of halogens is 1. The van der Waals surface area contributed by atoms with Gasteiger partial charge in [-0.3, -0.25) is 10.1 Å². The first-order chi connectivity index (χ1) is 10.0. The highest BCUT2D eigenvalue weighted by Crippen LogP contribution is 2.35. The Balaban J connectivity index is 2.41. The van der Waals surface area contributed by atoms with Gasteiger partial charge in [0.2, 0.25) is 11.6 Å². The number of hydrogen-bond donors (Lipinski definition) is 1. The smallest absolute Gasteiger partial charge is 0.313 e. The van der Waals surface area contributed by atoms with Crippen molar-refractivity contribution in [2.75, 3.05) is 7.05 Å². The van der Waals surface area contributed by atoms with Gasteiger partial charge in [-0.05, 0) is 32.2 Å². The van der Waals surface area contributed by atoms with E-state index in [0.717, 1.165) is 5.56 Å². The molecule has 0 aliphatic heterocycles. The van der Waals surface area contributed by atoms with Crippen LogP contribution in [-0.4, -0.2) is 17.0 Å². The van der Waals surface area contributed by atoms with Crippen molar-refractivity contribution in [3.05, 3.63) is 57.2 Å². The first kappa shape index (κ1) is 15.2. The molecule has 2 aromatic rings. The van der Waals surface area contributed by atoms with Crippen LogP contribution in [0.5, 0.6) is 11.6 Å². The molecular weight excluding hydrogens is 294 g/mol. The summed E-state index contributed by atoms with van der Waals surface area (Å²) < 4.78 is 5.63. The minimum atomic E-state index is -0.536. The maximum absolute atomic E-state index is 11.1. The normalized spacial score (nSPS) is 12.0. The molecule has 1 N–H and O–H groups in total. The average molecular weight is 308 g/mol. The molecule has 6 nitrogen and oxygen atoms in total. The average Bonchev–Trinajstić information content (AvgIpc) is 2.48. The number of rotatable bonds is 5. The van der Waals surface area contributed by atoms with Crippen LogP contribution in [0.1, 0.15) is 18.5 Å². The van der Waals surface area contributed by atoms with Crippen LogP contribution in [-0.2, 0) is 0 Å². The summed E-state index contributed by atoms with van der Waals surface area (Å²) in [5.74, 6) is 0.428. The van der Waals surface area contributed by atoms with Gasteiger partial charge in [0.15, 0.2) is 0 Å². The SMILES string of the molecule is CNC(C)c1cccnc1Oc1ccc(Cl)cc1[N+](=O)[O-]. The zero-order valence-electron chi connectivity index (χ0n) is 11.5. The van der Waals surface area contributed by atoms with E-state index in [-0.39, 0.29) is 22.5 Å². The van der Waals surface area contributed by atoms with Crippen molar-refractivity contribution in [3.8, 4) is 11.6 Å². The zero-order valence-corrected chi connectivity index (χ0v) is 12.3. The summed E-state index contributed by atoms with van der Waals surface area (Å²) in [4.78, 5) is 14.7. The van der Waals surface area contributed by atoms with E-state index < -0.39 is 4.92 Å². The summed E-state index contributed by atoms with van der Waals surface area (Å²) >= 11 is 5.78. The third-order valence-electron chi connectivity index (χ3n) is 3.02. The molecule has 0 aliphatic carbocycles. The fourth-order valence-electron chi connectivity index (χ4n) is 1.80. The van der Waals surface area contributed by atoms with E-state index in [4.69, 9.17) is 16.3 Å². The second kappa shape index (κ2) is 6.51. The van der Waals surface area contributed by atoms with Gasteiger partial charge in [-0.25, -0.2) is 4.98 Å². The second-order valence-electron chi connectivity index (χ2n) is 4.38. The van der Waals surface area contributed by atoms with Crippen molar-refractivity contribution >= 4 is 17.3 Å². The number of pyridine rings is 1. The predicted octanol–water partition coefficient (Wildman–Crippen LogP) is 3.72. The number of nitrogens with zero attached hydrogens (tertiary/aromatic N) is 2. The fraction of sp³-hybridized carbons (Fsp3) is 0.214. The molecule has 0 radical (unpaired) electrons. The van der Waals surface area contributed by atoms with Gasteiger partial charge in [0.05, 0.1) is 4.92 Å². The Hall–Kier alpha value is -2.18. The molecule has 1 aromatic carbocycles. The van der Waals surface area contributed by atoms with Gasteiger partial charge in [0, 0.05) is 28.9 Å². The second-order valence-corrected chi connectivity index (χ2v) is 4.82. The third-order valence-corrected chi connectivity index (χ3v) is 3.26. The van der Waals surface area contributed by atoms with Crippen molar-refractivity contribution in [1.29, 1.82) is 0 Å². The molecule has 1 heterocycles. The lowest BCUT2D eigenvalue weighted by Crippen LogP contribution is -2.13. The highest BCUT2D eigenvalue weighted by atomic mass is 35.5. The first-order valence-corrected chi connectivity index (χ1v) is 6.64. The number of nitrogens with one attached hydrogen (secondary N) is 1. The molecule has 2 rings (SSSR count). The van der Waals surface area contributed by atoms with Gasteiger partial charge < -0.3 is 10.1 Å². The molecule has 1 atom stereocenters. The highest BCUT2D eigenvalue weighted by Gasteiger charge is 2.19. The maximum atomic E-state index is 11.1. The van der Waals surface area contributed by atoms with Crippen molar-refractivity contribution in [2.45, 2.75) is 13.0 Å². The van der Waals surface area contributed by atoms with Gasteiger partial charge >= 0.3 is 5.69 Å². The lowest BCUT2D eigenvalue weighted by atomic mass is 10.1. The van der Waals surface area contributed by atoms with Gasteiger partial charge in [-0.15, -0.1) is 0 Å². The van der Waals surface area contributed by atoms with Gasteiger partial charge in [-0.1, -0.05) is 17.7 Å². The van der Waals surface area contributed by atoms with E-state index in [0.29, 0.717) is 5.88 Å². The minimum absolute atomic E-state index is 0.0000522. The summed E-state index contributed by atoms with van der Waals surface area (Å²) in [6, 6.07) is 7.88. The van der Waals surface area contributed by atoms with Crippen LogP contribution in [0.4, 0.5) is 5.69 Å². The predicted molar refractivity (Wildman–Crippen MR) is 79.9 cm³/mol. The number of aromatic nitrogens is 1. The number of hydrogen-bond acceptors (Lipinski definition) is 5. The molecule has 0 fully saturated rings. The molecule has 1 aromatic heterocycles. The molecule has 0 amide bonds. The Bertz CT molecular complexity index is 664. The van der Waals surface area contributed by atoms with Crippen LogP contribution < -0.4 is 10.1 Å². The van der Waals surface area contributed by atoms with Crippen LogP contribution in [0, 0.1) is 10.1 Å². The molecule has 7 heteroatoms. The van der Waals surface area contributed by atoms with Crippen LogP contribution in [0.15, 0.2) is 36.5 Å². The standard InChI is InChI=1S/C14H14ClN3O3/c1-9(16-2)11-4-3-7-17-14(11)21-13-6-5-10(15)8-12(13)18(19)20/h3-9,16H,1-2H3. The molecule has 1 unspecified atom stereocenters. The summed E-state index contributed by atoms with van der Waals surface area (Å²) in [6.07, 6.45) is 1.57. The van der Waals surface area contributed by atoms with Crippen molar-refractivity contribution in [2.24, 2.45) is 0 Å². The number of nitro benzene ring substituents is 1. The Morgan fingerprint density at radius 2 is 2.19 bits per heavy atom. The topological polar surface area (TPSA) is 77.3 Å². The lowest BCUT2D eigenvalue weighted by molar-refractivity contribution is -0.385. The molecule has 0 saturated carbocycles. The fourth-order valence-corrected chi connectivity index (χ4v) is 1.96. The summed E-state index contributed by atoms with van der Waals surface area (Å²) in [5, 5.41) is 14.4. The quantitative estimate of drug-likeness (QED) is 0.673. The molecule has 0 spiro atoms. The minimum Gasteiger partial charge on any atom is -0.431 e. The number of benzene rings is 1. The highest BCUT2D eigenvalue weighted by molar-refractivity contribution is 6.30. The number of ether oxygens (including phenoxy) is 1. The van der Waals surface area contributed by atoms with E-state index in [1.165, 1.54) is 18.2 Å². The molecule has 0 saturated heterocycles. The summed E-state index contributed by atoms with van der Waals surface area (Å²) in [5.41, 5.74) is 0.612. The Morgan fingerprint density at radius 1 is 1.43 bits per heavy atom. The third kappa shape index (κ3) is 3.48. The van der Waals surface area contributed by atoms with Crippen LogP contribution in [0.2, 0.25) is 5.02 Å². The Kier molecular flexibility index (Phi) is 4.72. The number of nitro groups is 1. The Labute approximate surface area is 126 Å². The first-order valence-electron chi connectivity index (χ1n) is 6.27. The molecular formula is C14H14ClN3O3. The lowest BCUT2D eigenvalue weighted by Gasteiger charge is -2.15. The monoisotopic (exact) mass is 307 g/mol. The van der Waals surface area contributed by atoms with Crippen LogP contribution in [0.25, 0.3) is 0 Å². The van der Waals surface area contributed by atoms with Crippen LogP contribution in [0.3, 0.4) is 0 Å². The van der Waals surface area contributed by atoms with E-state index in [1.54, 1.807) is 12.3 Å². The van der Waals surface area contributed by atoms with E-state index in [2.05, 4.69) is 10.3 Å². The Morgan fingerprint density at radius 3 is 2.86 bits per heavy atom. The van der Waals surface area contributed by atoms with Crippen molar-refractivity contribution in [3.63, 3.8) is 0 Å². The summed E-state index contributed by atoms with van der Waals surface area (Å²) in [7, 11) is 1.81. The largest absolute Gasteiger partial charge is 0.431 e. The maximum Gasteiger partial charge on any atom is 0.313 e. The molecule has 110 valence electrons. The van der Waals surface area contributed by atoms with Gasteiger partial charge in [-0.2, -0.15) is 0 Å². The molecule has 21 heavy (non-hydrogen) atoms. The van der Waals surface area contributed by atoms with E-state index in [9.17, 15) is 10.1 Å². The molecule has 0 bridgehead atoms. The van der Waals surface area contributed by atoms with Crippen molar-refractivity contribution in [1.82, 2.24) is 10.3 Å². The summed E-state index contributed by atoms with van der Waals surface area (Å²) in [6.45, 7) is 1.94. The zero-order chi connectivity index (χ0) is 15.4. The van der Waals surface area contributed by atoms with Crippen molar-refractivity contribution < 1.29 is 9.66 Å². The van der Waals surface area contributed by atoms with Gasteiger partial charge in [0.25, 0.3) is 0 Å². The van der Waals surface area contributed by atoms with E-state index >= 15 is 0 Å². The van der Waals surface area contributed by atoms with Gasteiger partial charge in [0.1, 0.15) is 0 Å².